The van der Waals surface area contributed by atoms with E-state index in [1.54, 1.807) is 0 Å². The Kier molecular flexibility index (Phi) is 4.08. The number of nitrogens with one attached hydrogen (secondary N) is 1. The van der Waals surface area contributed by atoms with Gasteiger partial charge in [0.15, 0.2) is 5.65 Å². The largest absolute Gasteiger partial charge is 0.353 e. The maximum atomic E-state index is 4.50. The minimum absolute atomic E-state index is 0.632. The van der Waals surface area contributed by atoms with E-state index in [-0.39, 0.29) is 0 Å². The van der Waals surface area contributed by atoms with E-state index < -0.39 is 0 Å². The van der Waals surface area contributed by atoms with E-state index in [1.807, 2.05) is 29.6 Å². The van der Waals surface area contributed by atoms with Crippen molar-refractivity contribution in [2.24, 2.45) is 17.8 Å². The predicted octanol–water partition coefficient (Wildman–Crippen LogP) is 3.38. The summed E-state index contributed by atoms with van der Waals surface area (Å²) in [4.78, 5) is 4.50. The molecule has 0 fully saturated rings. The van der Waals surface area contributed by atoms with Crippen molar-refractivity contribution in [3.05, 3.63) is 23.9 Å². The van der Waals surface area contributed by atoms with Gasteiger partial charge in [-0.25, -0.2) is 4.52 Å². The van der Waals surface area contributed by atoms with Gasteiger partial charge in [-0.3, -0.25) is 0 Å². The average molecular weight is 260 g/mol. The van der Waals surface area contributed by atoms with Gasteiger partial charge < -0.3 is 5.32 Å². The third kappa shape index (κ3) is 3.06. The molecule has 0 saturated heterocycles. The van der Waals surface area contributed by atoms with Crippen LogP contribution < -0.4 is 5.32 Å². The Morgan fingerprint density at radius 2 is 1.84 bits per heavy atom. The van der Waals surface area contributed by atoms with Gasteiger partial charge in [-0.15, -0.1) is 5.10 Å². The number of anilines is 1. The molecule has 0 spiro atoms. The van der Waals surface area contributed by atoms with Crippen LogP contribution in [0.3, 0.4) is 0 Å². The summed E-state index contributed by atoms with van der Waals surface area (Å²) in [6, 6.07) is 6.03. The van der Waals surface area contributed by atoms with Gasteiger partial charge in [0.25, 0.3) is 0 Å². The number of aryl methyl sites for hydroxylation is 1. The molecule has 2 aromatic heterocycles. The monoisotopic (exact) mass is 260 g/mol. The van der Waals surface area contributed by atoms with Crippen LogP contribution in [0.2, 0.25) is 0 Å². The highest BCUT2D eigenvalue weighted by molar-refractivity contribution is 5.44. The number of fused-ring (bicyclic) bond motifs is 1. The van der Waals surface area contributed by atoms with Crippen molar-refractivity contribution in [1.29, 1.82) is 0 Å². The molecule has 0 amide bonds. The summed E-state index contributed by atoms with van der Waals surface area (Å²) in [5, 5.41) is 7.88. The quantitative estimate of drug-likeness (QED) is 0.896. The Balaban J connectivity index is 2.11. The van der Waals surface area contributed by atoms with E-state index in [1.165, 1.54) is 0 Å². The Morgan fingerprint density at radius 3 is 2.42 bits per heavy atom. The Hall–Kier alpha value is -1.58. The molecular formula is C15H24N4. The molecule has 2 heterocycles. The van der Waals surface area contributed by atoms with Crippen LogP contribution in [0, 0.1) is 24.7 Å². The maximum Gasteiger partial charge on any atom is 0.243 e. The van der Waals surface area contributed by atoms with Crippen molar-refractivity contribution in [3.8, 4) is 0 Å². The summed E-state index contributed by atoms with van der Waals surface area (Å²) in [5.74, 6) is 2.67. The maximum absolute atomic E-state index is 4.50. The second kappa shape index (κ2) is 5.59. The van der Waals surface area contributed by atoms with Crippen LogP contribution in [0.5, 0.6) is 0 Å². The number of hydrogen-bond acceptors (Lipinski definition) is 3. The summed E-state index contributed by atoms with van der Waals surface area (Å²) in [5.41, 5.74) is 2.00. The first-order valence-corrected chi connectivity index (χ1v) is 7.05. The molecule has 0 atom stereocenters. The van der Waals surface area contributed by atoms with Gasteiger partial charge >= 0.3 is 0 Å². The SMILES string of the molecule is Cc1cccc2nc(NCC(C(C)C)C(C)C)nn12. The van der Waals surface area contributed by atoms with Gasteiger partial charge in [-0.05, 0) is 36.8 Å². The summed E-state index contributed by atoms with van der Waals surface area (Å²) in [6.07, 6.45) is 0. The highest BCUT2D eigenvalue weighted by Crippen LogP contribution is 2.20. The summed E-state index contributed by atoms with van der Waals surface area (Å²) in [6.45, 7) is 12.0. The van der Waals surface area contributed by atoms with Crippen molar-refractivity contribution in [3.63, 3.8) is 0 Å². The van der Waals surface area contributed by atoms with Gasteiger partial charge in [0.2, 0.25) is 5.95 Å². The molecule has 0 radical (unpaired) electrons. The van der Waals surface area contributed by atoms with Gasteiger partial charge in [0.1, 0.15) is 0 Å². The second-order valence-electron chi connectivity index (χ2n) is 5.91. The molecule has 19 heavy (non-hydrogen) atoms. The normalized spacial score (nSPS) is 12.0. The van der Waals surface area contributed by atoms with Gasteiger partial charge in [0.05, 0.1) is 0 Å². The Morgan fingerprint density at radius 1 is 1.16 bits per heavy atom. The van der Waals surface area contributed by atoms with Crippen LogP contribution in [0.4, 0.5) is 5.95 Å². The van der Waals surface area contributed by atoms with Crippen molar-refractivity contribution in [1.82, 2.24) is 14.6 Å². The first-order chi connectivity index (χ1) is 8.99. The number of aromatic nitrogens is 3. The smallest absolute Gasteiger partial charge is 0.243 e. The van der Waals surface area contributed by atoms with Crippen LogP contribution in [-0.4, -0.2) is 21.1 Å². The predicted molar refractivity (Wildman–Crippen MR) is 79.4 cm³/mol. The highest BCUT2D eigenvalue weighted by atomic mass is 15.3. The summed E-state index contributed by atoms with van der Waals surface area (Å²) < 4.78 is 1.88. The van der Waals surface area contributed by atoms with Crippen LogP contribution in [0.25, 0.3) is 5.65 Å². The first-order valence-electron chi connectivity index (χ1n) is 7.05. The van der Waals surface area contributed by atoms with E-state index in [4.69, 9.17) is 0 Å². The third-order valence-corrected chi connectivity index (χ3v) is 3.76. The minimum Gasteiger partial charge on any atom is -0.353 e. The lowest BCUT2D eigenvalue weighted by atomic mass is 9.85. The topological polar surface area (TPSA) is 42.2 Å². The molecule has 0 bridgehead atoms. The molecule has 104 valence electrons. The number of pyridine rings is 1. The molecule has 0 aliphatic heterocycles. The van der Waals surface area contributed by atoms with Crippen LogP contribution >= 0.6 is 0 Å². The molecule has 2 aromatic rings. The van der Waals surface area contributed by atoms with Gasteiger partial charge in [-0.2, -0.15) is 4.98 Å². The zero-order valence-corrected chi connectivity index (χ0v) is 12.5. The van der Waals surface area contributed by atoms with Crippen molar-refractivity contribution in [2.45, 2.75) is 34.6 Å². The molecule has 0 aromatic carbocycles. The lowest BCUT2D eigenvalue weighted by Gasteiger charge is -2.24. The molecule has 0 saturated carbocycles. The van der Waals surface area contributed by atoms with E-state index in [0.29, 0.717) is 17.8 Å². The van der Waals surface area contributed by atoms with Crippen molar-refractivity contribution in [2.75, 3.05) is 11.9 Å². The molecule has 4 nitrogen and oxygen atoms in total. The Labute approximate surface area is 115 Å². The molecule has 0 unspecified atom stereocenters. The zero-order valence-electron chi connectivity index (χ0n) is 12.5. The van der Waals surface area contributed by atoms with E-state index in [0.717, 1.165) is 23.8 Å². The summed E-state index contributed by atoms with van der Waals surface area (Å²) >= 11 is 0. The lowest BCUT2D eigenvalue weighted by molar-refractivity contribution is 0.304. The van der Waals surface area contributed by atoms with Crippen LogP contribution in [0.1, 0.15) is 33.4 Å². The molecule has 2 rings (SSSR count). The molecule has 0 aliphatic carbocycles. The molecular weight excluding hydrogens is 236 g/mol. The lowest BCUT2D eigenvalue weighted by Crippen LogP contribution is -2.24. The van der Waals surface area contributed by atoms with Gasteiger partial charge in [0, 0.05) is 12.2 Å². The molecule has 4 heteroatoms. The van der Waals surface area contributed by atoms with E-state index in [2.05, 4.69) is 43.1 Å². The third-order valence-electron chi connectivity index (χ3n) is 3.76. The minimum atomic E-state index is 0.632. The van der Waals surface area contributed by atoms with E-state index >= 15 is 0 Å². The molecule has 0 aliphatic rings. The second-order valence-corrected chi connectivity index (χ2v) is 5.91. The summed E-state index contributed by atoms with van der Waals surface area (Å²) in [7, 11) is 0. The first kappa shape index (κ1) is 13.8. The standard InChI is InChI=1S/C15H24N4/c1-10(2)13(11(3)4)9-16-15-17-14-8-6-7-12(5)19(14)18-15/h6-8,10-11,13H,9H2,1-5H3,(H,16,18). The fourth-order valence-electron chi connectivity index (χ4n) is 2.56. The highest BCUT2D eigenvalue weighted by Gasteiger charge is 2.17. The number of hydrogen-bond donors (Lipinski definition) is 1. The average Bonchev–Trinajstić information content (AvgIpc) is 2.72. The van der Waals surface area contributed by atoms with E-state index in [9.17, 15) is 0 Å². The molecule has 1 N–H and O–H groups in total. The van der Waals surface area contributed by atoms with Crippen LogP contribution in [0.15, 0.2) is 18.2 Å². The van der Waals surface area contributed by atoms with Gasteiger partial charge in [-0.1, -0.05) is 33.8 Å². The number of rotatable bonds is 5. The fraction of sp³-hybridized carbons (Fsp3) is 0.600. The fourth-order valence-corrected chi connectivity index (χ4v) is 2.56. The Bertz CT molecular complexity index is 534. The van der Waals surface area contributed by atoms with Crippen molar-refractivity contribution >= 4 is 11.6 Å². The van der Waals surface area contributed by atoms with Crippen LogP contribution in [-0.2, 0) is 0 Å². The zero-order chi connectivity index (χ0) is 14.0. The van der Waals surface area contributed by atoms with Crippen molar-refractivity contribution < 1.29 is 0 Å². The number of nitrogens with zero attached hydrogens (tertiary/aromatic N) is 3.